The molecular formula is C12H10ClNO. The molecule has 2 rings (SSSR count). The minimum atomic E-state index is -0.0406. The molecule has 0 amide bonds. The predicted octanol–water partition coefficient (Wildman–Crippen LogP) is 2.98. The molecule has 0 aliphatic carbocycles. The van der Waals surface area contributed by atoms with Crippen LogP contribution in [-0.2, 0) is 4.79 Å². The van der Waals surface area contributed by atoms with E-state index in [-0.39, 0.29) is 5.92 Å². The van der Waals surface area contributed by atoms with Crippen LogP contribution in [0.3, 0.4) is 0 Å². The van der Waals surface area contributed by atoms with Gasteiger partial charge in [0.15, 0.2) is 0 Å². The average Bonchev–Trinajstić information content (AvgIpc) is 2.59. The lowest BCUT2D eigenvalue weighted by molar-refractivity contribution is -0.105. The Labute approximate surface area is 93.3 Å². The molecule has 76 valence electrons. The fourth-order valence-corrected chi connectivity index (χ4v) is 1.89. The molecule has 1 atom stereocenters. The maximum absolute atomic E-state index is 10.9. The number of hydrogen-bond acceptors (Lipinski definition) is 2. The average molecular weight is 220 g/mol. The van der Waals surface area contributed by atoms with Crippen molar-refractivity contribution in [2.24, 2.45) is 4.99 Å². The van der Waals surface area contributed by atoms with E-state index in [1.165, 1.54) is 0 Å². The summed E-state index contributed by atoms with van der Waals surface area (Å²) < 4.78 is 0. The molecule has 1 aromatic rings. The van der Waals surface area contributed by atoms with Crippen LogP contribution in [-0.4, -0.2) is 12.5 Å². The van der Waals surface area contributed by atoms with Crippen molar-refractivity contribution >= 4 is 24.1 Å². The lowest BCUT2D eigenvalue weighted by Gasteiger charge is -2.08. The number of allylic oxidation sites excluding steroid dienone is 2. The molecule has 0 bridgehead atoms. The zero-order valence-corrected chi connectivity index (χ0v) is 9.03. The third-order valence-corrected chi connectivity index (χ3v) is 2.74. The van der Waals surface area contributed by atoms with E-state index in [0.717, 1.165) is 23.1 Å². The fourth-order valence-electron chi connectivity index (χ4n) is 1.69. The highest BCUT2D eigenvalue weighted by Gasteiger charge is 2.21. The standard InChI is InChI=1S/C12H10ClNO/c1-8-12(7-15)11(6-14-8)9-3-2-4-10(13)5-9/h2-7,11H,1H3. The smallest absolute Gasteiger partial charge is 0.148 e. The van der Waals surface area contributed by atoms with Crippen LogP contribution in [0.25, 0.3) is 0 Å². The number of carbonyl (C=O) groups is 1. The summed E-state index contributed by atoms with van der Waals surface area (Å²) in [6, 6.07) is 7.50. The number of halogens is 1. The molecule has 3 heteroatoms. The van der Waals surface area contributed by atoms with Crippen LogP contribution in [0.2, 0.25) is 5.02 Å². The third-order valence-electron chi connectivity index (χ3n) is 2.50. The predicted molar refractivity (Wildman–Crippen MR) is 61.4 cm³/mol. The largest absolute Gasteiger partial charge is 0.298 e. The van der Waals surface area contributed by atoms with Gasteiger partial charge in [0.05, 0.1) is 0 Å². The second kappa shape index (κ2) is 3.99. The van der Waals surface area contributed by atoms with Gasteiger partial charge in [-0.3, -0.25) is 9.79 Å². The van der Waals surface area contributed by atoms with Gasteiger partial charge in [-0.15, -0.1) is 0 Å². The molecule has 1 aromatic carbocycles. The van der Waals surface area contributed by atoms with Crippen LogP contribution in [0.15, 0.2) is 40.5 Å². The van der Waals surface area contributed by atoms with E-state index in [2.05, 4.69) is 4.99 Å². The van der Waals surface area contributed by atoms with Crippen molar-refractivity contribution in [3.8, 4) is 0 Å². The molecule has 15 heavy (non-hydrogen) atoms. The van der Waals surface area contributed by atoms with Crippen molar-refractivity contribution in [1.82, 2.24) is 0 Å². The highest BCUT2D eigenvalue weighted by atomic mass is 35.5. The van der Waals surface area contributed by atoms with Gasteiger partial charge < -0.3 is 0 Å². The van der Waals surface area contributed by atoms with Gasteiger partial charge >= 0.3 is 0 Å². The Morgan fingerprint density at radius 3 is 2.93 bits per heavy atom. The summed E-state index contributed by atoms with van der Waals surface area (Å²) in [6.07, 6.45) is 2.65. The fraction of sp³-hybridized carbons (Fsp3) is 0.167. The molecule has 0 aromatic heterocycles. The molecule has 1 heterocycles. The Hall–Kier alpha value is -1.41. The maximum Gasteiger partial charge on any atom is 0.148 e. The zero-order valence-electron chi connectivity index (χ0n) is 8.27. The molecule has 0 N–H and O–H groups in total. The number of hydrogen-bond donors (Lipinski definition) is 0. The lowest BCUT2D eigenvalue weighted by atomic mass is 9.94. The van der Waals surface area contributed by atoms with Crippen LogP contribution in [0.5, 0.6) is 0 Å². The van der Waals surface area contributed by atoms with Crippen molar-refractivity contribution in [3.63, 3.8) is 0 Å². The summed E-state index contributed by atoms with van der Waals surface area (Å²) in [7, 11) is 0. The van der Waals surface area contributed by atoms with Gasteiger partial charge in [0.2, 0.25) is 0 Å². The van der Waals surface area contributed by atoms with Crippen LogP contribution in [0.4, 0.5) is 0 Å². The number of rotatable bonds is 2. The number of carbonyl (C=O) groups excluding carboxylic acids is 1. The topological polar surface area (TPSA) is 29.4 Å². The van der Waals surface area contributed by atoms with E-state index >= 15 is 0 Å². The number of nitrogens with zero attached hydrogens (tertiary/aromatic N) is 1. The second-order valence-electron chi connectivity index (χ2n) is 3.47. The molecule has 0 radical (unpaired) electrons. The van der Waals surface area contributed by atoms with E-state index < -0.39 is 0 Å². The van der Waals surface area contributed by atoms with Gasteiger partial charge in [0, 0.05) is 28.4 Å². The van der Waals surface area contributed by atoms with E-state index in [0.29, 0.717) is 5.02 Å². The van der Waals surface area contributed by atoms with Gasteiger partial charge in [0.25, 0.3) is 0 Å². The Kier molecular flexibility index (Phi) is 2.69. The van der Waals surface area contributed by atoms with Crippen LogP contribution >= 0.6 is 11.6 Å². The number of aldehydes is 1. The molecule has 1 aliphatic heterocycles. The number of benzene rings is 1. The normalized spacial score (nSPS) is 19.7. The first-order chi connectivity index (χ1) is 7.22. The molecule has 0 saturated heterocycles. The molecule has 2 nitrogen and oxygen atoms in total. The van der Waals surface area contributed by atoms with Crippen molar-refractivity contribution in [1.29, 1.82) is 0 Å². The minimum Gasteiger partial charge on any atom is -0.298 e. The zero-order chi connectivity index (χ0) is 10.8. The Balaban J connectivity index is 2.41. The van der Waals surface area contributed by atoms with Crippen LogP contribution < -0.4 is 0 Å². The van der Waals surface area contributed by atoms with E-state index in [4.69, 9.17) is 11.6 Å². The molecule has 1 aliphatic rings. The van der Waals surface area contributed by atoms with Gasteiger partial charge in [-0.25, -0.2) is 0 Å². The highest BCUT2D eigenvalue weighted by molar-refractivity contribution is 6.30. The van der Waals surface area contributed by atoms with E-state index in [1.54, 1.807) is 6.21 Å². The van der Waals surface area contributed by atoms with Crippen molar-refractivity contribution in [2.75, 3.05) is 0 Å². The van der Waals surface area contributed by atoms with Gasteiger partial charge in [-0.05, 0) is 24.6 Å². The molecular weight excluding hydrogens is 210 g/mol. The Bertz CT molecular complexity index is 462. The summed E-state index contributed by atoms with van der Waals surface area (Å²) in [6.45, 7) is 1.84. The summed E-state index contributed by atoms with van der Waals surface area (Å²) in [5.41, 5.74) is 2.51. The van der Waals surface area contributed by atoms with E-state index in [9.17, 15) is 4.79 Å². The highest BCUT2D eigenvalue weighted by Crippen LogP contribution is 2.30. The van der Waals surface area contributed by atoms with Crippen molar-refractivity contribution in [2.45, 2.75) is 12.8 Å². The summed E-state index contributed by atoms with van der Waals surface area (Å²) in [4.78, 5) is 15.1. The third kappa shape index (κ3) is 1.85. The first-order valence-corrected chi connectivity index (χ1v) is 5.06. The Morgan fingerprint density at radius 1 is 1.47 bits per heavy atom. The van der Waals surface area contributed by atoms with Gasteiger partial charge in [-0.2, -0.15) is 0 Å². The summed E-state index contributed by atoms with van der Waals surface area (Å²) >= 11 is 5.90. The first kappa shape index (κ1) is 10.1. The van der Waals surface area contributed by atoms with Crippen molar-refractivity contribution in [3.05, 3.63) is 46.1 Å². The SMILES string of the molecule is CC1=C(C=O)C(c2cccc(Cl)c2)C=N1. The quantitative estimate of drug-likeness (QED) is 0.704. The molecule has 0 spiro atoms. The monoisotopic (exact) mass is 219 g/mol. The van der Waals surface area contributed by atoms with Crippen molar-refractivity contribution < 1.29 is 4.79 Å². The van der Waals surface area contributed by atoms with Crippen LogP contribution in [0, 0.1) is 0 Å². The lowest BCUT2D eigenvalue weighted by Crippen LogP contribution is -2.02. The molecule has 0 fully saturated rings. The second-order valence-corrected chi connectivity index (χ2v) is 3.91. The molecule has 0 saturated carbocycles. The maximum atomic E-state index is 10.9. The molecule has 1 unspecified atom stereocenters. The van der Waals surface area contributed by atoms with Gasteiger partial charge in [-0.1, -0.05) is 23.7 Å². The van der Waals surface area contributed by atoms with E-state index in [1.807, 2.05) is 31.2 Å². The number of aliphatic imine (C=N–C) groups is 1. The Morgan fingerprint density at radius 2 is 2.27 bits per heavy atom. The van der Waals surface area contributed by atoms with Gasteiger partial charge in [0.1, 0.15) is 6.29 Å². The summed E-state index contributed by atoms with van der Waals surface area (Å²) in [5.74, 6) is -0.0406. The summed E-state index contributed by atoms with van der Waals surface area (Å²) in [5, 5.41) is 0.677. The van der Waals surface area contributed by atoms with Crippen LogP contribution in [0.1, 0.15) is 18.4 Å². The minimum absolute atomic E-state index is 0.0406. The first-order valence-electron chi connectivity index (χ1n) is 4.68.